The van der Waals surface area contributed by atoms with E-state index in [4.69, 9.17) is 5.11 Å². The van der Waals surface area contributed by atoms with Crippen molar-refractivity contribution < 1.29 is 22.7 Å². The van der Waals surface area contributed by atoms with Gasteiger partial charge >= 0.3 is 5.97 Å². The first kappa shape index (κ1) is 16.9. The molecule has 0 heterocycles. The lowest BCUT2D eigenvalue weighted by atomic mass is 10.1. The number of sulfonamides is 1. The van der Waals surface area contributed by atoms with Crippen LogP contribution in [0, 0.1) is 12.7 Å². The van der Waals surface area contributed by atoms with Crippen LogP contribution >= 0.6 is 11.8 Å². The molecule has 0 unspecified atom stereocenters. The van der Waals surface area contributed by atoms with E-state index in [1.165, 1.54) is 6.92 Å². The molecule has 0 aliphatic carbocycles. The Kier molecular flexibility index (Phi) is 5.97. The zero-order valence-corrected chi connectivity index (χ0v) is 12.8. The van der Waals surface area contributed by atoms with Gasteiger partial charge in [0.05, 0.1) is 10.5 Å². The van der Waals surface area contributed by atoms with Crippen molar-refractivity contribution in [2.75, 3.05) is 18.6 Å². The molecule has 0 saturated heterocycles. The Morgan fingerprint density at radius 3 is 2.65 bits per heavy atom. The Balaban J connectivity index is 3.07. The Morgan fingerprint density at radius 2 is 2.10 bits per heavy atom. The molecule has 0 amide bonds. The van der Waals surface area contributed by atoms with Gasteiger partial charge in [0.2, 0.25) is 10.0 Å². The van der Waals surface area contributed by atoms with Crippen molar-refractivity contribution in [1.29, 1.82) is 0 Å². The van der Waals surface area contributed by atoms with Crippen LogP contribution in [0.2, 0.25) is 0 Å². The normalized spacial score (nSPS) is 11.6. The zero-order chi connectivity index (χ0) is 15.3. The van der Waals surface area contributed by atoms with Gasteiger partial charge in [0.15, 0.2) is 0 Å². The van der Waals surface area contributed by atoms with Gasteiger partial charge in [0.25, 0.3) is 0 Å². The van der Waals surface area contributed by atoms with Crippen LogP contribution in [0.25, 0.3) is 0 Å². The van der Waals surface area contributed by atoms with Crippen LogP contribution in [0.3, 0.4) is 0 Å². The molecule has 0 aliphatic rings. The van der Waals surface area contributed by atoms with Crippen molar-refractivity contribution in [2.24, 2.45) is 0 Å². The van der Waals surface area contributed by atoms with E-state index < -0.39 is 27.4 Å². The summed E-state index contributed by atoms with van der Waals surface area (Å²) in [6.45, 7) is 1.53. The monoisotopic (exact) mass is 321 g/mol. The molecule has 20 heavy (non-hydrogen) atoms. The number of rotatable bonds is 7. The van der Waals surface area contributed by atoms with Crippen LogP contribution in [0.5, 0.6) is 0 Å². The van der Waals surface area contributed by atoms with Crippen molar-refractivity contribution in [3.63, 3.8) is 0 Å². The minimum Gasteiger partial charge on any atom is -0.478 e. The number of benzene rings is 1. The highest BCUT2D eigenvalue weighted by atomic mass is 32.2. The van der Waals surface area contributed by atoms with Crippen molar-refractivity contribution in [1.82, 2.24) is 4.72 Å². The molecule has 0 fully saturated rings. The summed E-state index contributed by atoms with van der Waals surface area (Å²) in [6.07, 6.45) is 2.55. The molecule has 0 radical (unpaired) electrons. The summed E-state index contributed by atoms with van der Waals surface area (Å²) in [4.78, 5) is 10.5. The number of nitrogens with one attached hydrogen (secondary N) is 1. The van der Waals surface area contributed by atoms with Crippen LogP contribution < -0.4 is 4.72 Å². The fourth-order valence-corrected chi connectivity index (χ4v) is 3.34. The number of halogens is 1. The van der Waals surface area contributed by atoms with E-state index in [1.807, 2.05) is 6.26 Å². The SMILES string of the molecule is CSCCCNS(=O)(=O)c1cc(C(=O)O)cc(F)c1C. The zero-order valence-electron chi connectivity index (χ0n) is 11.1. The lowest BCUT2D eigenvalue weighted by Crippen LogP contribution is -2.26. The second-order valence-electron chi connectivity index (χ2n) is 4.13. The van der Waals surface area contributed by atoms with E-state index in [-0.39, 0.29) is 17.0 Å². The molecule has 0 bridgehead atoms. The quantitative estimate of drug-likeness (QED) is 0.749. The van der Waals surface area contributed by atoms with Gasteiger partial charge < -0.3 is 5.11 Å². The number of hydrogen-bond donors (Lipinski definition) is 2. The number of carbonyl (C=O) groups is 1. The van der Waals surface area contributed by atoms with E-state index in [9.17, 15) is 17.6 Å². The Morgan fingerprint density at radius 1 is 1.45 bits per heavy atom. The molecular weight excluding hydrogens is 305 g/mol. The van der Waals surface area contributed by atoms with E-state index in [2.05, 4.69) is 4.72 Å². The molecule has 0 spiro atoms. The third kappa shape index (κ3) is 4.19. The van der Waals surface area contributed by atoms with Crippen LogP contribution in [0.15, 0.2) is 17.0 Å². The fraction of sp³-hybridized carbons (Fsp3) is 0.417. The molecule has 0 aliphatic heterocycles. The van der Waals surface area contributed by atoms with E-state index >= 15 is 0 Å². The van der Waals surface area contributed by atoms with Crippen molar-refractivity contribution in [2.45, 2.75) is 18.2 Å². The second kappa shape index (κ2) is 7.05. The molecule has 112 valence electrons. The Labute approximate surface area is 121 Å². The molecule has 2 N–H and O–H groups in total. The standard InChI is InChI=1S/C12H16FNO4S2/c1-8-10(13)6-9(12(15)16)7-11(8)20(17,18)14-4-3-5-19-2/h6-7,14H,3-5H2,1-2H3,(H,15,16). The number of carboxylic acid groups (broad SMARTS) is 1. The average Bonchev–Trinajstić information content (AvgIpc) is 2.37. The van der Waals surface area contributed by atoms with Crippen molar-refractivity contribution >= 4 is 27.8 Å². The third-order valence-electron chi connectivity index (χ3n) is 2.65. The highest BCUT2D eigenvalue weighted by Gasteiger charge is 2.21. The molecule has 0 aromatic heterocycles. The Bertz CT molecular complexity index is 602. The van der Waals surface area contributed by atoms with Gasteiger partial charge in [0.1, 0.15) is 5.82 Å². The highest BCUT2D eigenvalue weighted by molar-refractivity contribution is 7.98. The highest BCUT2D eigenvalue weighted by Crippen LogP contribution is 2.20. The van der Waals surface area contributed by atoms with Crippen LogP contribution in [0.1, 0.15) is 22.3 Å². The van der Waals surface area contributed by atoms with Crippen LogP contribution in [0.4, 0.5) is 4.39 Å². The summed E-state index contributed by atoms with van der Waals surface area (Å²) in [6, 6.07) is 1.78. The Hall–Kier alpha value is -1.12. The van der Waals surface area contributed by atoms with E-state index in [0.29, 0.717) is 6.42 Å². The first-order valence-electron chi connectivity index (χ1n) is 5.81. The molecule has 0 saturated carbocycles. The molecule has 5 nitrogen and oxygen atoms in total. The van der Waals surface area contributed by atoms with Crippen molar-refractivity contribution in [3.8, 4) is 0 Å². The second-order valence-corrected chi connectivity index (χ2v) is 6.85. The minimum atomic E-state index is -3.91. The van der Waals surface area contributed by atoms with Crippen LogP contribution in [-0.2, 0) is 10.0 Å². The average molecular weight is 321 g/mol. The fourth-order valence-electron chi connectivity index (χ4n) is 1.56. The molecule has 8 heteroatoms. The predicted molar refractivity (Wildman–Crippen MR) is 76.3 cm³/mol. The summed E-state index contributed by atoms with van der Waals surface area (Å²) in [5.41, 5.74) is -0.482. The summed E-state index contributed by atoms with van der Waals surface area (Å²) >= 11 is 1.59. The predicted octanol–water partition coefficient (Wildman–Crippen LogP) is 1.86. The maximum Gasteiger partial charge on any atom is 0.335 e. The van der Waals surface area contributed by atoms with Gasteiger partial charge in [-0.2, -0.15) is 11.8 Å². The lowest BCUT2D eigenvalue weighted by molar-refractivity contribution is 0.0696. The number of carboxylic acids is 1. The van der Waals surface area contributed by atoms with Gasteiger partial charge in [-0.25, -0.2) is 22.3 Å². The number of thioether (sulfide) groups is 1. The van der Waals surface area contributed by atoms with E-state index in [0.717, 1.165) is 17.9 Å². The molecule has 1 rings (SSSR count). The largest absolute Gasteiger partial charge is 0.478 e. The lowest BCUT2D eigenvalue weighted by Gasteiger charge is -2.10. The van der Waals surface area contributed by atoms with Gasteiger partial charge in [-0.05, 0) is 37.5 Å². The summed E-state index contributed by atoms with van der Waals surface area (Å²) in [5, 5.41) is 8.85. The number of hydrogen-bond acceptors (Lipinski definition) is 4. The first-order chi connectivity index (χ1) is 9.29. The van der Waals surface area contributed by atoms with Gasteiger partial charge in [-0.15, -0.1) is 0 Å². The maximum absolute atomic E-state index is 13.6. The summed E-state index contributed by atoms with van der Waals surface area (Å²) in [7, 11) is -3.91. The van der Waals surface area contributed by atoms with E-state index in [1.54, 1.807) is 11.8 Å². The smallest absolute Gasteiger partial charge is 0.335 e. The van der Waals surface area contributed by atoms with Gasteiger partial charge in [0, 0.05) is 12.1 Å². The maximum atomic E-state index is 13.6. The molecule has 1 aromatic carbocycles. The minimum absolute atomic E-state index is 0.0904. The van der Waals surface area contributed by atoms with Gasteiger partial charge in [-0.3, -0.25) is 0 Å². The van der Waals surface area contributed by atoms with Crippen LogP contribution in [-0.4, -0.2) is 38.0 Å². The molecule has 0 atom stereocenters. The topological polar surface area (TPSA) is 83.5 Å². The summed E-state index contributed by atoms with van der Waals surface area (Å²) < 4.78 is 40.1. The first-order valence-corrected chi connectivity index (χ1v) is 8.69. The summed E-state index contributed by atoms with van der Waals surface area (Å²) in [5.74, 6) is -1.43. The molecular formula is C12H16FNO4S2. The van der Waals surface area contributed by atoms with Crippen molar-refractivity contribution in [3.05, 3.63) is 29.1 Å². The number of aromatic carboxylic acids is 1. The third-order valence-corrected chi connectivity index (χ3v) is 4.93. The molecule has 1 aromatic rings. The van der Waals surface area contributed by atoms with Gasteiger partial charge in [-0.1, -0.05) is 0 Å².